The lowest BCUT2D eigenvalue weighted by atomic mass is 10.1. The Labute approximate surface area is 208 Å². The van der Waals surface area contributed by atoms with Gasteiger partial charge in [-0.15, -0.1) is 12.4 Å². The van der Waals surface area contributed by atoms with Gasteiger partial charge < -0.3 is 24.8 Å². The van der Waals surface area contributed by atoms with Crippen molar-refractivity contribution in [2.45, 2.75) is 6.10 Å². The van der Waals surface area contributed by atoms with Gasteiger partial charge >= 0.3 is 5.97 Å². The van der Waals surface area contributed by atoms with Crippen molar-refractivity contribution in [3.05, 3.63) is 88.4 Å². The van der Waals surface area contributed by atoms with E-state index in [1.165, 1.54) is 19.2 Å². The molecule has 4 rings (SSSR count). The van der Waals surface area contributed by atoms with Gasteiger partial charge in [-0.2, -0.15) is 0 Å². The molecule has 1 aliphatic heterocycles. The molecule has 0 aliphatic carbocycles. The first-order chi connectivity index (χ1) is 16.0. The normalized spacial score (nSPS) is 15.1. The van der Waals surface area contributed by atoms with Crippen LogP contribution in [0.4, 0.5) is 5.69 Å². The van der Waals surface area contributed by atoms with Crippen LogP contribution in [0.2, 0.25) is 5.02 Å². The van der Waals surface area contributed by atoms with Crippen molar-refractivity contribution in [2.75, 3.05) is 32.1 Å². The van der Waals surface area contributed by atoms with Crippen LogP contribution in [-0.4, -0.2) is 38.7 Å². The number of carbonyl (C=O) groups excluding carboxylic acids is 2. The summed E-state index contributed by atoms with van der Waals surface area (Å²) in [7, 11) is 1.29. The Morgan fingerprint density at radius 1 is 1.03 bits per heavy atom. The van der Waals surface area contributed by atoms with E-state index in [0.29, 0.717) is 29.4 Å². The number of amides is 1. The Morgan fingerprint density at radius 2 is 1.74 bits per heavy atom. The molecular formula is C25H24Cl2N2O5. The number of hydrogen-bond donors (Lipinski definition) is 2. The maximum Gasteiger partial charge on any atom is 0.339 e. The summed E-state index contributed by atoms with van der Waals surface area (Å²) in [6, 6.07) is 19.1. The molecule has 1 heterocycles. The summed E-state index contributed by atoms with van der Waals surface area (Å²) in [6.07, 6.45) is 0.0302. The molecule has 1 fully saturated rings. The lowest BCUT2D eigenvalue weighted by molar-refractivity contribution is 0.0277. The average Bonchev–Trinajstić information content (AvgIpc) is 2.85. The number of benzene rings is 3. The molecule has 7 nitrogen and oxygen atoms in total. The predicted molar refractivity (Wildman–Crippen MR) is 133 cm³/mol. The van der Waals surface area contributed by atoms with E-state index in [2.05, 4.69) is 15.4 Å². The third kappa shape index (κ3) is 6.27. The van der Waals surface area contributed by atoms with E-state index in [-0.39, 0.29) is 35.0 Å². The maximum absolute atomic E-state index is 12.6. The molecule has 178 valence electrons. The molecule has 0 aromatic heterocycles. The highest BCUT2D eigenvalue weighted by Crippen LogP contribution is 2.28. The van der Waals surface area contributed by atoms with Crippen LogP contribution in [0.3, 0.4) is 0 Å². The number of carbonyl (C=O) groups is 2. The van der Waals surface area contributed by atoms with Gasteiger partial charge in [-0.25, -0.2) is 4.79 Å². The monoisotopic (exact) mass is 502 g/mol. The zero-order valence-corrected chi connectivity index (χ0v) is 19.9. The fourth-order valence-electron chi connectivity index (χ4n) is 3.41. The summed E-state index contributed by atoms with van der Waals surface area (Å²) in [5.41, 5.74) is 2.52. The fourth-order valence-corrected chi connectivity index (χ4v) is 3.66. The highest BCUT2D eigenvalue weighted by atomic mass is 35.5. The van der Waals surface area contributed by atoms with E-state index < -0.39 is 5.97 Å². The lowest BCUT2D eigenvalue weighted by Crippen LogP contribution is -2.33. The van der Waals surface area contributed by atoms with Crippen LogP contribution in [-0.2, 0) is 9.47 Å². The Kier molecular flexibility index (Phi) is 8.90. The second-order valence-electron chi connectivity index (χ2n) is 7.40. The first kappa shape index (κ1) is 25.5. The fraction of sp³-hybridized carbons (Fsp3) is 0.200. The Balaban J connectivity index is 0.00000324. The van der Waals surface area contributed by atoms with E-state index in [1.54, 1.807) is 30.3 Å². The molecule has 1 atom stereocenters. The maximum atomic E-state index is 12.6. The van der Waals surface area contributed by atoms with Crippen molar-refractivity contribution >= 4 is 41.6 Å². The molecular weight excluding hydrogens is 479 g/mol. The van der Waals surface area contributed by atoms with Gasteiger partial charge in [0.1, 0.15) is 11.5 Å². The second-order valence-corrected chi connectivity index (χ2v) is 7.81. The number of methoxy groups -OCH3 is 1. The smallest absolute Gasteiger partial charge is 0.339 e. The van der Waals surface area contributed by atoms with Crippen molar-refractivity contribution in [3.8, 4) is 11.5 Å². The SMILES string of the molecule is COC(=O)c1ccc(Oc2ccc(C(=O)Nc3ccc(C4CNCCO4)cc3)cc2)cc1Cl.Cl. The highest BCUT2D eigenvalue weighted by molar-refractivity contribution is 6.33. The van der Waals surface area contributed by atoms with E-state index >= 15 is 0 Å². The lowest BCUT2D eigenvalue weighted by Gasteiger charge is -2.24. The van der Waals surface area contributed by atoms with Crippen molar-refractivity contribution in [1.82, 2.24) is 5.32 Å². The van der Waals surface area contributed by atoms with Crippen molar-refractivity contribution in [3.63, 3.8) is 0 Å². The predicted octanol–water partition coefficient (Wildman–Crippen LogP) is 5.25. The quantitative estimate of drug-likeness (QED) is 0.447. The Hall–Kier alpha value is -3.10. The van der Waals surface area contributed by atoms with Crippen LogP contribution in [0.15, 0.2) is 66.7 Å². The molecule has 0 bridgehead atoms. The van der Waals surface area contributed by atoms with Crippen LogP contribution in [0.25, 0.3) is 0 Å². The highest BCUT2D eigenvalue weighted by Gasteiger charge is 2.16. The number of nitrogens with one attached hydrogen (secondary N) is 2. The number of rotatable bonds is 6. The number of esters is 1. The molecule has 1 unspecified atom stereocenters. The number of anilines is 1. The van der Waals surface area contributed by atoms with Gasteiger partial charge in [0.25, 0.3) is 5.91 Å². The summed E-state index contributed by atoms with van der Waals surface area (Å²) in [6.45, 7) is 2.33. The zero-order chi connectivity index (χ0) is 23.2. The molecule has 3 aromatic rings. The first-order valence-electron chi connectivity index (χ1n) is 10.4. The molecule has 34 heavy (non-hydrogen) atoms. The van der Waals surface area contributed by atoms with Crippen LogP contribution in [0.5, 0.6) is 11.5 Å². The minimum absolute atomic E-state index is 0. The van der Waals surface area contributed by atoms with Gasteiger partial charge in [0.05, 0.1) is 30.4 Å². The van der Waals surface area contributed by atoms with Gasteiger partial charge in [0.15, 0.2) is 0 Å². The summed E-state index contributed by atoms with van der Waals surface area (Å²) >= 11 is 6.12. The van der Waals surface area contributed by atoms with Gasteiger partial charge in [-0.3, -0.25) is 4.79 Å². The third-order valence-corrected chi connectivity index (χ3v) is 5.48. The number of hydrogen-bond acceptors (Lipinski definition) is 6. The molecule has 2 N–H and O–H groups in total. The number of halogens is 2. The summed E-state index contributed by atoms with van der Waals surface area (Å²) < 4.78 is 16.2. The van der Waals surface area contributed by atoms with Crippen molar-refractivity contribution < 1.29 is 23.8 Å². The molecule has 0 radical (unpaired) electrons. The summed E-state index contributed by atoms with van der Waals surface area (Å²) in [5.74, 6) is 0.243. The van der Waals surface area contributed by atoms with Gasteiger partial charge in [-0.05, 0) is 54.1 Å². The van der Waals surface area contributed by atoms with Crippen molar-refractivity contribution in [2.24, 2.45) is 0 Å². The standard InChI is InChI=1S/C25H23ClN2O5.ClH/c1-31-25(30)21-11-10-20(14-22(21)26)33-19-8-4-17(5-9-19)24(29)28-18-6-2-16(3-7-18)23-15-27-12-13-32-23;/h2-11,14,23,27H,12-13,15H2,1H3,(H,28,29);1H. The molecule has 9 heteroatoms. The van der Waals surface area contributed by atoms with E-state index in [9.17, 15) is 9.59 Å². The molecule has 1 saturated heterocycles. The van der Waals surface area contributed by atoms with Crippen LogP contribution >= 0.6 is 24.0 Å². The Morgan fingerprint density at radius 3 is 2.35 bits per heavy atom. The van der Waals surface area contributed by atoms with E-state index in [4.69, 9.17) is 21.1 Å². The van der Waals surface area contributed by atoms with Crippen LogP contribution in [0.1, 0.15) is 32.4 Å². The number of morpholine rings is 1. The van der Waals surface area contributed by atoms with Gasteiger partial charge in [0, 0.05) is 30.4 Å². The molecule has 0 saturated carbocycles. The van der Waals surface area contributed by atoms with Crippen LogP contribution in [0, 0.1) is 0 Å². The number of ether oxygens (including phenoxy) is 3. The summed E-state index contributed by atoms with van der Waals surface area (Å²) in [5, 5.41) is 6.42. The largest absolute Gasteiger partial charge is 0.465 e. The Bertz CT molecular complexity index is 1130. The first-order valence-corrected chi connectivity index (χ1v) is 10.8. The summed E-state index contributed by atoms with van der Waals surface area (Å²) in [4.78, 5) is 24.2. The van der Waals surface area contributed by atoms with Crippen molar-refractivity contribution in [1.29, 1.82) is 0 Å². The van der Waals surface area contributed by atoms with Gasteiger partial charge in [-0.1, -0.05) is 23.7 Å². The van der Waals surface area contributed by atoms with E-state index in [0.717, 1.165) is 18.7 Å². The van der Waals surface area contributed by atoms with Crippen LogP contribution < -0.4 is 15.4 Å². The third-order valence-electron chi connectivity index (χ3n) is 5.17. The van der Waals surface area contributed by atoms with E-state index in [1.807, 2.05) is 24.3 Å². The average molecular weight is 503 g/mol. The topological polar surface area (TPSA) is 85.9 Å². The molecule has 3 aromatic carbocycles. The zero-order valence-electron chi connectivity index (χ0n) is 18.4. The molecule has 0 spiro atoms. The molecule has 1 amide bonds. The molecule has 1 aliphatic rings. The minimum Gasteiger partial charge on any atom is -0.465 e. The minimum atomic E-state index is -0.518. The van der Waals surface area contributed by atoms with Gasteiger partial charge in [0.2, 0.25) is 0 Å². The second kappa shape index (κ2) is 11.9.